The van der Waals surface area contributed by atoms with Crippen LogP contribution in [0.4, 0.5) is 9.18 Å². The van der Waals surface area contributed by atoms with Crippen molar-refractivity contribution < 1.29 is 13.9 Å². The Kier molecular flexibility index (Phi) is 10.5. The van der Waals surface area contributed by atoms with Gasteiger partial charge in [-0.15, -0.1) is 9.24 Å². The highest BCUT2D eigenvalue weighted by Crippen LogP contribution is 2.23. The first kappa shape index (κ1) is 27.3. The third kappa shape index (κ3) is 7.54. The van der Waals surface area contributed by atoms with Crippen molar-refractivity contribution in [2.75, 3.05) is 26.8 Å². The van der Waals surface area contributed by atoms with Crippen LogP contribution in [0.25, 0.3) is 5.57 Å². The third-order valence-corrected chi connectivity index (χ3v) is 5.84. The molecule has 0 saturated heterocycles. The molecule has 1 heterocycles. The van der Waals surface area contributed by atoms with Gasteiger partial charge in [-0.3, -0.25) is 0 Å². The zero-order valence-corrected chi connectivity index (χ0v) is 21.4. The van der Waals surface area contributed by atoms with Gasteiger partial charge in [0.1, 0.15) is 5.82 Å². The van der Waals surface area contributed by atoms with Crippen LogP contribution in [0.1, 0.15) is 32.3 Å². The summed E-state index contributed by atoms with van der Waals surface area (Å²) in [6, 6.07) is 4.69. The first-order valence-corrected chi connectivity index (χ1v) is 11.7. The van der Waals surface area contributed by atoms with Gasteiger partial charge in [0.25, 0.3) is 0 Å². The molecule has 1 atom stereocenters. The average molecular weight is 484 g/mol. The normalized spacial score (nSPS) is 15.1. The van der Waals surface area contributed by atoms with E-state index in [-0.39, 0.29) is 23.2 Å². The van der Waals surface area contributed by atoms with Gasteiger partial charge in [-0.1, -0.05) is 56.9 Å². The fourth-order valence-corrected chi connectivity index (χ4v) is 3.87. The molecule has 0 aliphatic carbocycles. The van der Waals surface area contributed by atoms with Gasteiger partial charge in [-0.05, 0) is 53.1 Å². The molecule has 0 saturated carbocycles. The number of methoxy groups -OCH3 is 1. The number of carbonyl (C=O) groups is 1. The molecular formula is C27H35FN3O2P. The summed E-state index contributed by atoms with van der Waals surface area (Å²) in [6.07, 6.45) is 9.16. The van der Waals surface area contributed by atoms with Gasteiger partial charge < -0.3 is 20.7 Å². The minimum Gasteiger partial charge on any atom is -0.397 e. The Morgan fingerprint density at radius 2 is 2.03 bits per heavy atom. The summed E-state index contributed by atoms with van der Waals surface area (Å²) in [6.45, 7) is 13.2. The topological polar surface area (TPSA) is 67.6 Å². The van der Waals surface area contributed by atoms with Crippen LogP contribution in [-0.4, -0.2) is 37.7 Å². The van der Waals surface area contributed by atoms with Gasteiger partial charge in [-0.2, -0.15) is 0 Å². The number of halogens is 1. The van der Waals surface area contributed by atoms with E-state index >= 15 is 0 Å². The van der Waals surface area contributed by atoms with Crippen molar-refractivity contribution in [2.24, 2.45) is 5.73 Å². The molecule has 1 unspecified atom stereocenters. The highest BCUT2D eigenvalue weighted by molar-refractivity contribution is 7.27. The van der Waals surface area contributed by atoms with E-state index in [9.17, 15) is 9.18 Å². The summed E-state index contributed by atoms with van der Waals surface area (Å²) in [4.78, 5) is 14.5. The van der Waals surface area contributed by atoms with Crippen molar-refractivity contribution in [1.29, 1.82) is 0 Å². The predicted octanol–water partition coefficient (Wildman–Crippen LogP) is 4.97. The number of nitrogens with one attached hydrogen (secondary N) is 1. The van der Waals surface area contributed by atoms with Crippen LogP contribution in [0.5, 0.6) is 0 Å². The fourth-order valence-electron chi connectivity index (χ4n) is 3.62. The molecule has 2 amide bonds. The Hall–Kier alpha value is -2.95. The molecule has 182 valence electrons. The highest BCUT2D eigenvalue weighted by atomic mass is 31.0. The SMILES string of the molecule is C=CC1=C(/C=C(\CCC)COC)CN(C(=O)NC(=C)/C(N)=C\C=C(/C)c2ccc(P)cc2F)C1. The van der Waals surface area contributed by atoms with Crippen molar-refractivity contribution in [3.63, 3.8) is 0 Å². The van der Waals surface area contributed by atoms with Gasteiger partial charge in [0.15, 0.2) is 0 Å². The number of amides is 2. The molecule has 5 nitrogen and oxygen atoms in total. The van der Waals surface area contributed by atoms with E-state index in [1.54, 1.807) is 43.2 Å². The smallest absolute Gasteiger partial charge is 0.322 e. The van der Waals surface area contributed by atoms with Crippen LogP contribution < -0.4 is 16.4 Å². The van der Waals surface area contributed by atoms with Crippen LogP contribution in [-0.2, 0) is 4.74 Å². The number of carbonyl (C=O) groups excluding carboxylic acids is 1. The van der Waals surface area contributed by atoms with Crippen molar-refractivity contribution in [3.8, 4) is 0 Å². The van der Waals surface area contributed by atoms with Gasteiger partial charge >= 0.3 is 6.03 Å². The molecule has 0 radical (unpaired) electrons. The summed E-state index contributed by atoms with van der Waals surface area (Å²) in [5.41, 5.74) is 11.1. The van der Waals surface area contributed by atoms with E-state index in [1.807, 2.05) is 6.07 Å². The molecule has 7 heteroatoms. The van der Waals surface area contributed by atoms with Crippen LogP contribution in [0.15, 0.2) is 83.8 Å². The second kappa shape index (κ2) is 13.1. The van der Waals surface area contributed by atoms with Gasteiger partial charge in [-0.25, -0.2) is 9.18 Å². The molecule has 0 fully saturated rings. The number of nitrogens with two attached hydrogens (primary N) is 1. The van der Waals surface area contributed by atoms with Crippen molar-refractivity contribution in [1.82, 2.24) is 10.2 Å². The first-order chi connectivity index (χ1) is 16.2. The van der Waals surface area contributed by atoms with E-state index in [4.69, 9.17) is 10.5 Å². The Bertz CT molecular complexity index is 1060. The molecular weight excluding hydrogens is 448 g/mol. The van der Waals surface area contributed by atoms with Crippen LogP contribution >= 0.6 is 9.24 Å². The first-order valence-electron chi connectivity index (χ1n) is 11.2. The average Bonchev–Trinajstić information content (AvgIpc) is 3.20. The summed E-state index contributed by atoms with van der Waals surface area (Å²) in [5, 5.41) is 3.53. The van der Waals surface area contributed by atoms with E-state index in [0.717, 1.165) is 29.3 Å². The second-order valence-corrected chi connectivity index (χ2v) is 8.88. The number of allylic oxidation sites excluding steroid dienone is 3. The molecule has 1 aromatic rings. The Balaban J connectivity index is 2.05. The second-order valence-electron chi connectivity index (χ2n) is 8.22. The number of urea groups is 1. The zero-order valence-electron chi connectivity index (χ0n) is 20.3. The Morgan fingerprint density at radius 1 is 1.32 bits per heavy atom. The molecule has 1 aliphatic rings. The summed E-state index contributed by atoms with van der Waals surface area (Å²) >= 11 is 0. The number of hydrogen-bond donors (Lipinski definition) is 2. The van der Waals surface area contributed by atoms with Gasteiger partial charge in [0, 0.05) is 25.8 Å². The molecule has 1 aliphatic heterocycles. The van der Waals surface area contributed by atoms with E-state index in [0.29, 0.717) is 30.8 Å². The molecule has 0 spiro atoms. The molecule has 0 aromatic heterocycles. The van der Waals surface area contributed by atoms with Crippen LogP contribution in [0.3, 0.4) is 0 Å². The lowest BCUT2D eigenvalue weighted by Gasteiger charge is -2.18. The van der Waals surface area contributed by atoms with Crippen LogP contribution in [0.2, 0.25) is 0 Å². The largest absolute Gasteiger partial charge is 0.397 e. The minimum atomic E-state index is -0.308. The summed E-state index contributed by atoms with van der Waals surface area (Å²) < 4.78 is 19.5. The highest BCUT2D eigenvalue weighted by Gasteiger charge is 2.24. The summed E-state index contributed by atoms with van der Waals surface area (Å²) in [5.74, 6) is -0.308. The Morgan fingerprint density at radius 3 is 2.65 bits per heavy atom. The van der Waals surface area contributed by atoms with Gasteiger partial charge in [0.2, 0.25) is 0 Å². The summed E-state index contributed by atoms with van der Waals surface area (Å²) in [7, 11) is 4.15. The maximum Gasteiger partial charge on any atom is 0.322 e. The van der Waals surface area contributed by atoms with E-state index in [2.05, 4.69) is 40.7 Å². The van der Waals surface area contributed by atoms with Crippen molar-refractivity contribution in [3.05, 3.63) is 95.2 Å². The number of hydrogen-bond acceptors (Lipinski definition) is 3. The van der Waals surface area contributed by atoms with Crippen molar-refractivity contribution >= 4 is 26.1 Å². The lowest BCUT2D eigenvalue weighted by Crippen LogP contribution is -2.39. The standard InChI is InChI=1S/C27H35FN3O2P/c1-6-8-20(17-33-5)13-22-16-31(15-21(22)7-2)27(32)30-19(4)26(29)12-9-18(3)24-11-10-23(34)14-25(24)28/h7,9-14H,2,4,6,8,15-17,29,34H2,1,3,5H3,(H,30,32)/b18-9+,20-13+,26-12+. The minimum absolute atomic E-state index is 0.282. The predicted molar refractivity (Wildman–Crippen MR) is 143 cm³/mol. The third-order valence-electron chi connectivity index (χ3n) is 5.48. The Labute approximate surface area is 204 Å². The lowest BCUT2D eigenvalue weighted by molar-refractivity contribution is 0.213. The van der Waals surface area contributed by atoms with Crippen LogP contribution in [0, 0.1) is 5.82 Å². The number of nitrogens with zero attached hydrogens (tertiary/aromatic N) is 1. The fraction of sp³-hybridized carbons (Fsp3) is 0.296. The number of rotatable bonds is 10. The maximum absolute atomic E-state index is 14.2. The van der Waals surface area contributed by atoms with E-state index in [1.165, 1.54) is 11.6 Å². The molecule has 3 N–H and O–H groups in total. The number of ether oxygens (including phenoxy) is 1. The maximum atomic E-state index is 14.2. The quantitative estimate of drug-likeness (QED) is 0.365. The molecule has 1 aromatic carbocycles. The van der Waals surface area contributed by atoms with E-state index < -0.39 is 0 Å². The monoisotopic (exact) mass is 483 g/mol. The van der Waals surface area contributed by atoms with Crippen molar-refractivity contribution in [2.45, 2.75) is 26.7 Å². The lowest BCUT2D eigenvalue weighted by atomic mass is 10.1. The molecule has 2 rings (SSSR count). The number of benzene rings is 1. The zero-order chi connectivity index (χ0) is 25.3. The molecule has 0 bridgehead atoms. The molecule has 34 heavy (non-hydrogen) atoms. The van der Waals surface area contributed by atoms with Gasteiger partial charge in [0.05, 0.1) is 18.0 Å².